The first-order chi connectivity index (χ1) is 5.52. The van der Waals surface area contributed by atoms with Gasteiger partial charge in [0.15, 0.2) is 5.78 Å². The highest BCUT2D eigenvalue weighted by atomic mass is 16.5. The summed E-state index contributed by atoms with van der Waals surface area (Å²) in [7, 11) is 0. The third-order valence-electron chi connectivity index (χ3n) is 1.99. The summed E-state index contributed by atoms with van der Waals surface area (Å²) in [5, 5.41) is 0. The van der Waals surface area contributed by atoms with E-state index in [1.165, 1.54) is 12.3 Å². The molecule has 1 aliphatic heterocycles. The van der Waals surface area contributed by atoms with Gasteiger partial charge in [-0.15, -0.1) is 0 Å². The Morgan fingerprint density at radius 3 is 2.83 bits per heavy atom. The molecular formula is C10H16O2. The summed E-state index contributed by atoms with van der Waals surface area (Å²) < 4.78 is 5.45. The number of hydrogen-bond acceptors (Lipinski definition) is 2. The highest BCUT2D eigenvalue weighted by Crippen LogP contribution is 2.27. The molecule has 0 saturated carbocycles. The standard InChI is InChI=1S/C10H16O2/c1-8(2)6-10(3)7-9(11)4-5-12-10/h4-5,8H,6-7H2,1-3H3. The number of hydrogen-bond donors (Lipinski definition) is 0. The molecule has 0 spiro atoms. The minimum absolute atomic E-state index is 0.171. The molecule has 2 heteroatoms. The fourth-order valence-electron chi connectivity index (χ4n) is 1.73. The van der Waals surface area contributed by atoms with Gasteiger partial charge in [-0.3, -0.25) is 4.79 Å². The zero-order chi connectivity index (χ0) is 9.19. The molecule has 2 nitrogen and oxygen atoms in total. The van der Waals surface area contributed by atoms with Crippen LogP contribution in [0.4, 0.5) is 0 Å². The maximum Gasteiger partial charge on any atom is 0.162 e. The Morgan fingerprint density at radius 1 is 1.67 bits per heavy atom. The Hall–Kier alpha value is -0.790. The molecule has 1 unspecified atom stereocenters. The van der Waals surface area contributed by atoms with Gasteiger partial charge in [-0.25, -0.2) is 0 Å². The summed E-state index contributed by atoms with van der Waals surface area (Å²) >= 11 is 0. The van der Waals surface area contributed by atoms with Crippen LogP contribution in [-0.4, -0.2) is 11.4 Å². The van der Waals surface area contributed by atoms with Crippen LogP contribution in [0.2, 0.25) is 0 Å². The van der Waals surface area contributed by atoms with Crippen molar-refractivity contribution in [3.8, 4) is 0 Å². The second-order valence-corrected chi connectivity index (χ2v) is 4.11. The number of rotatable bonds is 2. The molecule has 0 aromatic heterocycles. The van der Waals surface area contributed by atoms with Crippen molar-refractivity contribution < 1.29 is 9.53 Å². The summed E-state index contributed by atoms with van der Waals surface area (Å²) in [5.74, 6) is 0.735. The van der Waals surface area contributed by atoms with Crippen molar-refractivity contribution in [1.82, 2.24) is 0 Å². The van der Waals surface area contributed by atoms with E-state index >= 15 is 0 Å². The second kappa shape index (κ2) is 3.30. The van der Waals surface area contributed by atoms with Crippen LogP contribution >= 0.6 is 0 Å². The van der Waals surface area contributed by atoms with Gasteiger partial charge in [0.05, 0.1) is 6.26 Å². The Balaban J connectivity index is 2.60. The highest BCUT2D eigenvalue weighted by Gasteiger charge is 2.30. The summed E-state index contributed by atoms with van der Waals surface area (Å²) in [6, 6.07) is 0. The molecule has 68 valence electrons. The van der Waals surface area contributed by atoms with Crippen molar-refractivity contribution in [3.63, 3.8) is 0 Å². The lowest BCUT2D eigenvalue weighted by Gasteiger charge is -2.32. The highest BCUT2D eigenvalue weighted by molar-refractivity contribution is 5.90. The molecule has 0 bridgehead atoms. The number of carbonyl (C=O) groups is 1. The van der Waals surface area contributed by atoms with Crippen LogP contribution in [0.1, 0.15) is 33.6 Å². The van der Waals surface area contributed by atoms with Gasteiger partial charge < -0.3 is 4.74 Å². The minimum atomic E-state index is -0.264. The Kier molecular flexibility index (Phi) is 2.55. The van der Waals surface area contributed by atoms with Crippen molar-refractivity contribution in [2.24, 2.45) is 5.92 Å². The molecule has 0 fully saturated rings. The molecule has 1 atom stereocenters. The van der Waals surface area contributed by atoms with E-state index in [9.17, 15) is 4.79 Å². The summed E-state index contributed by atoms with van der Waals surface area (Å²) in [6.45, 7) is 6.27. The van der Waals surface area contributed by atoms with Gasteiger partial charge in [0.2, 0.25) is 0 Å². The van der Waals surface area contributed by atoms with Gasteiger partial charge in [0.1, 0.15) is 5.60 Å². The van der Waals surface area contributed by atoms with Gasteiger partial charge in [0.25, 0.3) is 0 Å². The molecule has 0 aliphatic carbocycles. The lowest BCUT2D eigenvalue weighted by molar-refractivity contribution is -0.122. The fraction of sp³-hybridized carbons (Fsp3) is 0.700. The first-order valence-electron chi connectivity index (χ1n) is 4.39. The largest absolute Gasteiger partial charge is 0.495 e. The zero-order valence-corrected chi connectivity index (χ0v) is 7.96. The molecule has 1 heterocycles. The maximum absolute atomic E-state index is 11.1. The van der Waals surface area contributed by atoms with Crippen molar-refractivity contribution in [2.45, 2.75) is 39.2 Å². The molecule has 0 aromatic carbocycles. The monoisotopic (exact) mass is 168 g/mol. The topological polar surface area (TPSA) is 26.3 Å². The average Bonchev–Trinajstić information content (AvgIpc) is 1.82. The van der Waals surface area contributed by atoms with E-state index in [0.717, 1.165) is 6.42 Å². The van der Waals surface area contributed by atoms with E-state index in [1.807, 2.05) is 6.92 Å². The first-order valence-corrected chi connectivity index (χ1v) is 4.39. The van der Waals surface area contributed by atoms with Crippen LogP contribution in [0.15, 0.2) is 12.3 Å². The van der Waals surface area contributed by atoms with Crippen molar-refractivity contribution >= 4 is 5.78 Å². The van der Waals surface area contributed by atoms with Gasteiger partial charge >= 0.3 is 0 Å². The van der Waals surface area contributed by atoms with E-state index in [1.54, 1.807) is 0 Å². The quantitative estimate of drug-likeness (QED) is 0.632. The Morgan fingerprint density at radius 2 is 2.33 bits per heavy atom. The number of allylic oxidation sites excluding steroid dienone is 1. The second-order valence-electron chi connectivity index (χ2n) is 4.11. The van der Waals surface area contributed by atoms with Gasteiger partial charge in [-0.05, 0) is 19.3 Å². The SMILES string of the molecule is CC(C)CC1(C)CC(=O)C=CO1. The Bertz CT molecular complexity index is 206. The predicted molar refractivity (Wildman–Crippen MR) is 47.7 cm³/mol. The third-order valence-corrected chi connectivity index (χ3v) is 1.99. The van der Waals surface area contributed by atoms with Gasteiger partial charge in [-0.2, -0.15) is 0 Å². The predicted octanol–water partition coefficient (Wildman–Crippen LogP) is 2.29. The summed E-state index contributed by atoms with van der Waals surface area (Å²) in [5.41, 5.74) is -0.264. The van der Waals surface area contributed by atoms with E-state index in [4.69, 9.17) is 4.74 Å². The molecule has 1 aliphatic rings. The number of carbonyl (C=O) groups excluding carboxylic acids is 1. The fourth-order valence-corrected chi connectivity index (χ4v) is 1.73. The molecular weight excluding hydrogens is 152 g/mol. The summed E-state index contributed by atoms with van der Waals surface area (Å²) in [6.07, 6.45) is 4.47. The summed E-state index contributed by atoms with van der Waals surface area (Å²) in [4.78, 5) is 11.1. The molecule has 0 aromatic rings. The van der Waals surface area contributed by atoms with Crippen molar-refractivity contribution in [3.05, 3.63) is 12.3 Å². The van der Waals surface area contributed by atoms with E-state index in [2.05, 4.69) is 13.8 Å². The van der Waals surface area contributed by atoms with Crippen LogP contribution in [0.5, 0.6) is 0 Å². The molecule has 0 radical (unpaired) electrons. The number of ketones is 1. The molecule has 1 rings (SSSR count). The smallest absolute Gasteiger partial charge is 0.162 e. The molecule has 0 N–H and O–H groups in total. The lowest BCUT2D eigenvalue weighted by Crippen LogP contribution is -2.33. The molecule has 12 heavy (non-hydrogen) atoms. The average molecular weight is 168 g/mol. The first kappa shape index (κ1) is 9.30. The molecule has 0 saturated heterocycles. The maximum atomic E-state index is 11.1. The van der Waals surface area contributed by atoms with Crippen LogP contribution < -0.4 is 0 Å². The van der Waals surface area contributed by atoms with Crippen molar-refractivity contribution in [2.75, 3.05) is 0 Å². The number of ether oxygens (including phenoxy) is 1. The Labute approximate surface area is 73.6 Å². The third kappa shape index (κ3) is 2.36. The van der Waals surface area contributed by atoms with Crippen LogP contribution in [0, 0.1) is 5.92 Å². The van der Waals surface area contributed by atoms with Gasteiger partial charge in [-0.1, -0.05) is 13.8 Å². The van der Waals surface area contributed by atoms with Crippen molar-refractivity contribution in [1.29, 1.82) is 0 Å². The normalized spacial score (nSPS) is 29.2. The van der Waals surface area contributed by atoms with E-state index in [-0.39, 0.29) is 11.4 Å². The zero-order valence-electron chi connectivity index (χ0n) is 7.96. The van der Waals surface area contributed by atoms with Crippen LogP contribution in [0.25, 0.3) is 0 Å². The van der Waals surface area contributed by atoms with E-state index < -0.39 is 0 Å². The van der Waals surface area contributed by atoms with Crippen LogP contribution in [0.3, 0.4) is 0 Å². The lowest BCUT2D eigenvalue weighted by atomic mass is 9.88. The van der Waals surface area contributed by atoms with Gasteiger partial charge in [0, 0.05) is 12.5 Å². The minimum Gasteiger partial charge on any atom is -0.495 e. The van der Waals surface area contributed by atoms with E-state index in [0.29, 0.717) is 12.3 Å². The van der Waals surface area contributed by atoms with Crippen LogP contribution in [-0.2, 0) is 9.53 Å². The molecule has 0 amide bonds.